The number of rotatable bonds is 6. The van der Waals surface area contributed by atoms with Crippen molar-refractivity contribution in [3.05, 3.63) is 33.9 Å². The van der Waals surface area contributed by atoms with Crippen LogP contribution in [0.3, 0.4) is 0 Å². The molecule has 1 amide bonds. The standard InChI is InChI=1S/C19H29N5O3/c1-15(14-22-11-9-21(2)10-12-22)20-16-5-6-18(24(26)27)17(13-16)19(25)23-7-3-4-8-23/h5-6,13,15,20H,3-4,7-12,14H2,1-2H3. The molecule has 0 aromatic heterocycles. The van der Waals surface area contributed by atoms with Crippen LogP contribution in [0.5, 0.6) is 0 Å². The van der Waals surface area contributed by atoms with Crippen molar-refractivity contribution in [2.75, 3.05) is 58.2 Å². The Balaban J connectivity index is 1.69. The molecular formula is C19H29N5O3. The molecule has 0 radical (unpaired) electrons. The van der Waals surface area contributed by atoms with Gasteiger partial charge in [-0.2, -0.15) is 0 Å². The molecule has 1 aromatic carbocycles. The summed E-state index contributed by atoms with van der Waals surface area (Å²) in [6, 6.07) is 4.96. The third-order valence-corrected chi connectivity index (χ3v) is 5.36. The van der Waals surface area contributed by atoms with E-state index < -0.39 is 4.92 Å². The molecule has 1 N–H and O–H groups in total. The average Bonchev–Trinajstić information content (AvgIpc) is 3.17. The monoisotopic (exact) mass is 375 g/mol. The molecule has 1 atom stereocenters. The highest BCUT2D eigenvalue weighted by atomic mass is 16.6. The highest BCUT2D eigenvalue weighted by Gasteiger charge is 2.27. The van der Waals surface area contributed by atoms with Crippen molar-refractivity contribution in [1.29, 1.82) is 0 Å². The molecule has 2 heterocycles. The van der Waals surface area contributed by atoms with E-state index in [0.717, 1.165) is 51.3 Å². The first-order valence-electron chi connectivity index (χ1n) is 9.69. The number of hydrogen-bond acceptors (Lipinski definition) is 6. The van der Waals surface area contributed by atoms with Gasteiger partial charge in [0.15, 0.2) is 0 Å². The van der Waals surface area contributed by atoms with Gasteiger partial charge < -0.3 is 15.1 Å². The normalized spacial score (nSPS) is 19.9. The number of likely N-dealkylation sites (tertiary alicyclic amines) is 1. The van der Waals surface area contributed by atoms with Crippen molar-refractivity contribution in [3.8, 4) is 0 Å². The summed E-state index contributed by atoms with van der Waals surface area (Å²) in [5, 5.41) is 14.8. The first kappa shape index (κ1) is 19.6. The zero-order valence-electron chi connectivity index (χ0n) is 16.2. The van der Waals surface area contributed by atoms with Gasteiger partial charge in [-0.25, -0.2) is 0 Å². The molecular weight excluding hydrogens is 346 g/mol. The third kappa shape index (κ3) is 4.95. The van der Waals surface area contributed by atoms with Crippen LogP contribution in [0.4, 0.5) is 11.4 Å². The van der Waals surface area contributed by atoms with Crippen molar-refractivity contribution < 1.29 is 9.72 Å². The second-order valence-electron chi connectivity index (χ2n) is 7.64. The smallest absolute Gasteiger partial charge is 0.282 e. The van der Waals surface area contributed by atoms with Crippen LogP contribution in [-0.2, 0) is 0 Å². The van der Waals surface area contributed by atoms with Gasteiger partial charge in [0.1, 0.15) is 5.56 Å². The van der Waals surface area contributed by atoms with Crippen LogP contribution in [0, 0.1) is 10.1 Å². The summed E-state index contributed by atoms with van der Waals surface area (Å²) < 4.78 is 0. The van der Waals surface area contributed by atoms with Gasteiger partial charge in [-0.05, 0) is 38.9 Å². The largest absolute Gasteiger partial charge is 0.381 e. The van der Waals surface area contributed by atoms with E-state index in [1.807, 2.05) is 0 Å². The van der Waals surface area contributed by atoms with Gasteiger partial charge in [0.05, 0.1) is 4.92 Å². The number of likely N-dealkylation sites (N-methyl/N-ethyl adjacent to an activating group) is 1. The average molecular weight is 375 g/mol. The number of anilines is 1. The number of benzene rings is 1. The molecule has 2 aliphatic rings. The van der Waals surface area contributed by atoms with Crippen molar-refractivity contribution in [1.82, 2.24) is 14.7 Å². The Morgan fingerprint density at radius 1 is 1.19 bits per heavy atom. The fourth-order valence-corrected chi connectivity index (χ4v) is 3.79. The maximum absolute atomic E-state index is 12.7. The first-order valence-corrected chi connectivity index (χ1v) is 9.69. The zero-order chi connectivity index (χ0) is 19.4. The van der Waals surface area contributed by atoms with Crippen LogP contribution in [0.25, 0.3) is 0 Å². The molecule has 148 valence electrons. The summed E-state index contributed by atoms with van der Waals surface area (Å²) in [4.78, 5) is 30.1. The van der Waals surface area contributed by atoms with E-state index in [0.29, 0.717) is 13.1 Å². The predicted molar refractivity (Wildman–Crippen MR) is 105 cm³/mol. The second-order valence-corrected chi connectivity index (χ2v) is 7.64. The van der Waals surface area contributed by atoms with E-state index in [4.69, 9.17) is 0 Å². The Morgan fingerprint density at radius 2 is 1.85 bits per heavy atom. The molecule has 0 spiro atoms. The van der Waals surface area contributed by atoms with E-state index in [1.54, 1.807) is 17.0 Å². The van der Waals surface area contributed by atoms with Gasteiger partial charge in [-0.1, -0.05) is 0 Å². The summed E-state index contributed by atoms with van der Waals surface area (Å²) in [7, 11) is 2.13. The third-order valence-electron chi connectivity index (χ3n) is 5.36. The molecule has 8 nitrogen and oxygen atoms in total. The number of carbonyl (C=O) groups excluding carboxylic acids is 1. The number of nitro benzene ring substituents is 1. The zero-order valence-corrected chi connectivity index (χ0v) is 16.2. The Morgan fingerprint density at radius 3 is 2.48 bits per heavy atom. The Bertz CT molecular complexity index is 682. The van der Waals surface area contributed by atoms with E-state index in [-0.39, 0.29) is 23.2 Å². The quantitative estimate of drug-likeness (QED) is 0.604. The lowest BCUT2D eigenvalue weighted by atomic mass is 10.1. The Kier molecular flexibility index (Phi) is 6.28. The van der Waals surface area contributed by atoms with Gasteiger partial charge in [-0.3, -0.25) is 19.8 Å². The van der Waals surface area contributed by atoms with E-state index in [1.165, 1.54) is 6.07 Å². The van der Waals surface area contributed by atoms with E-state index in [9.17, 15) is 14.9 Å². The lowest BCUT2D eigenvalue weighted by Gasteiger charge is -2.34. The molecule has 8 heteroatoms. The fraction of sp³-hybridized carbons (Fsp3) is 0.632. The van der Waals surface area contributed by atoms with Gasteiger partial charge in [0.25, 0.3) is 11.6 Å². The van der Waals surface area contributed by atoms with Crippen LogP contribution in [0.15, 0.2) is 18.2 Å². The summed E-state index contributed by atoms with van der Waals surface area (Å²) >= 11 is 0. The maximum Gasteiger partial charge on any atom is 0.282 e. The highest BCUT2D eigenvalue weighted by molar-refractivity contribution is 5.99. The number of hydrogen-bond donors (Lipinski definition) is 1. The van der Waals surface area contributed by atoms with Crippen LogP contribution in [-0.4, -0.2) is 84.4 Å². The van der Waals surface area contributed by atoms with E-state index in [2.05, 4.69) is 29.1 Å². The molecule has 1 aromatic rings. The number of amides is 1. The number of nitro groups is 1. The first-order chi connectivity index (χ1) is 12.9. The SMILES string of the molecule is CC(CN1CCN(C)CC1)Nc1ccc([N+](=O)[O-])c(C(=O)N2CCCC2)c1. The highest BCUT2D eigenvalue weighted by Crippen LogP contribution is 2.26. The molecule has 3 rings (SSSR count). The van der Waals surface area contributed by atoms with Crippen molar-refractivity contribution in [2.45, 2.75) is 25.8 Å². The van der Waals surface area contributed by atoms with Gasteiger partial charge in [0.2, 0.25) is 0 Å². The molecule has 2 aliphatic heterocycles. The molecule has 0 bridgehead atoms. The van der Waals surface area contributed by atoms with Gasteiger partial charge in [-0.15, -0.1) is 0 Å². The van der Waals surface area contributed by atoms with Crippen LogP contribution in [0.1, 0.15) is 30.1 Å². The van der Waals surface area contributed by atoms with Crippen LogP contribution < -0.4 is 5.32 Å². The lowest BCUT2D eigenvalue weighted by Crippen LogP contribution is -2.47. The fourth-order valence-electron chi connectivity index (χ4n) is 3.79. The molecule has 1 unspecified atom stereocenters. The van der Waals surface area contributed by atoms with Crippen LogP contribution in [0.2, 0.25) is 0 Å². The van der Waals surface area contributed by atoms with Crippen molar-refractivity contribution in [2.24, 2.45) is 0 Å². The maximum atomic E-state index is 12.7. The number of nitrogens with zero attached hydrogens (tertiary/aromatic N) is 4. The topological polar surface area (TPSA) is 82.0 Å². The molecule has 0 aliphatic carbocycles. The second kappa shape index (κ2) is 8.67. The lowest BCUT2D eigenvalue weighted by molar-refractivity contribution is -0.385. The van der Waals surface area contributed by atoms with Crippen molar-refractivity contribution >= 4 is 17.3 Å². The molecule has 27 heavy (non-hydrogen) atoms. The number of piperazine rings is 1. The summed E-state index contributed by atoms with van der Waals surface area (Å²) in [5.41, 5.74) is 0.813. The molecule has 2 fully saturated rings. The molecule has 2 saturated heterocycles. The Labute approximate surface area is 160 Å². The number of carbonyl (C=O) groups is 1. The minimum atomic E-state index is -0.471. The summed E-state index contributed by atoms with van der Waals surface area (Å²) in [6.07, 6.45) is 1.92. The minimum absolute atomic E-state index is 0.121. The summed E-state index contributed by atoms with van der Waals surface area (Å²) in [6.45, 7) is 8.57. The van der Waals surface area contributed by atoms with E-state index >= 15 is 0 Å². The predicted octanol–water partition coefficient (Wildman–Crippen LogP) is 1.88. The summed E-state index contributed by atoms with van der Waals surface area (Å²) in [5.74, 6) is -0.241. The molecule has 0 saturated carbocycles. The van der Waals surface area contributed by atoms with Gasteiger partial charge >= 0.3 is 0 Å². The Hall–Kier alpha value is -2.19. The van der Waals surface area contributed by atoms with Crippen molar-refractivity contribution in [3.63, 3.8) is 0 Å². The van der Waals surface area contributed by atoms with Crippen LogP contribution >= 0.6 is 0 Å². The number of nitrogens with one attached hydrogen (secondary N) is 1. The minimum Gasteiger partial charge on any atom is -0.381 e. The van der Waals surface area contributed by atoms with Gasteiger partial charge in [0, 0.05) is 63.6 Å².